The van der Waals surface area contributed by atoms with E-state index in [2.05, 4.69) is 29.2 Å². The van der Waals surface area contributed by atoms with Gasteiger partial charge in [-0.3, -0.25) is 0 Å². The van der Waals surface area contributed by atoms with Crippen molar-refractivity contribution in [3.63, 3.8) is 0 Å². The van der Waals surface area contributed by atoms with Crippen molar-refractivity contribution in [1.82, 2.24) is 10.0 Å². The third-order valence-corrected chi connectivity index (χ3v) is 5.00. The molecule has 2 amide bonds. The topological polar surface area (TPSA) is 87.3 Å². The van der Waals surface area contributed by atoms with Crippen molar-refractivity contribution in [3.05, 3.63) is 23.8 Å². The van der Waals surface area contributed by atoms with Gasteiger partial charge in [0.2, 0.25) is 10.0 Å². The Morgan fingerprint density at radius 2 is 1.83 bits per heavy atom. The summed E-state index contributed by atoms with van der Waals surface area (Å²) in [7, 11) is -2.18. The Morgan fingerprint density at radius 1 is 1.17 bits per heavy atom. The van der Waals surface area contributed by atoms with Crippen LogP contribution in [-0.2, 0) is 10.0 Å². The number of aryl methyl sites for hydroxylation is 1. The Kier molecular flexibility index (Phi) is 7.02. The van der Waals surface area contributed by atoms with Gasteiger partial charge in [0.1, 0.15) is 0 Å². The van der Waals surface area contributed by atoms with E-state index in [4.69, 9.17) is 0 Å². The molecule has 1 aromatic carbocycles. The summed E-state index contributed by atoms with van der Waals surface area (Å²) >= 11 is 0. The molecule has 0 fully saturated rings. The van der Waals surface area contributed by atoms with Gasteiger partial charge in [0, 0.05) is 11.7 Å². The molecule has 130 valence electrons. The molecule has 0 radical (unpaired) electrons. The van der Waals surface area contributed by atoms with E-state index in [1.807, 2.05) is 13.8 Å². The number of anilines is 1. The van der Waals surface area contributed by atoms with Crippen molar-refractivity contribution in [3.8, 4) is 0 Å². The van der Waals surface area contributed by atoms with Gasteiger partial charge in [-0.1, -0.05) is 19.9 Å². The van der Waals surface area contributed by atoms with Gasteiger partial charge in [-0.05, 0) is 57.4 Å². The lowest BCUT2D eigenvalue weighted by Gasteiger charge is -2.17. The smallest absolute Gasteiger partial charge is 0.319 e. The second-order valence-corrected chi connectivity index (χ2v) is 8.04. The van der Waals surface area contributed by atoms with E-state index in [0.717, 1.165) is 18.4 Å². The van der Waals surface area contributed by atoms with Gasteiger partial charge in [-0.15, -0.1) is 0 Å². The molecule has 6 nitrogen and oxygen atoms in total. The number of nitrogens with one attached hydrogen (secondary N) is 3. The number of hydrogen-bond donors (Lipinski definition) is 3. The van der Waals surface area contributed by atoms with Gasteiger partial charge in [0.15, 0.2) is 0 Å². The Bertz CT molecular complexity index is 642. The Labute approximate surface area is 139 Å². The lowest BCUT2D eigenvalue weighted by atomic mass is 10.0. The van der Waals surface area contributed by atoms with Crippen molar-refractivity contribution in [1.29, 1.82) is 0 Å². The molecule has 0 saturated carbocycles. The summed E-state index contributed by atoms with van der Waals surface area (Å²) in [6.45, 7) is 8.05. The minimum Gasteiger partial charge on any atom is -0.335 e. The van der Waals surface area contributed by atoms with Crippen LogP contribution in [-0.4, -0.2) is 27.5 Å². The van der Waals surface area contributed by atoms with E-state index >= 15 is 0 Å². The number of carbonyl (C=O) groups is 1. The molecule has 1 aromatic rings. The fourth-order valence-electron chi connectivity index (χ4n) is 2.06. The largest absolute Gasteiger partial charge is 0.335 e. The summed E-state index contributed by atoms with van der Waals surface area (Å²) in [5.74, 6) is 0.591. The van der Waals surface area contributed by atoms with E-state index in [0.29, 0.717) is 11.6 Å². The number of benzene rings is 1. The predicted octanol–water partition coefficient (Wildman–Crippen LogP) is 2.85. The van der Waals surface area contributed by atoms with E-state index in [1.54, 1.807) is 6.07 Å². The second-order valence-electron chi connectivity index (χ2n) is 6.15. The first-order valence-electron chi connectivity index (χ1n) is 7.77. The number of carbonyl (C=O) groups excluding carboxylic acids is 1. The molecule has 1 atom stereocenters. The zero-order valence-corrected chi connectivity index (χ0v) is 15.3. The van der Waals surface area contributed by atoms with Gasteiger partial charge < -0.3 is 10.6 Å². The molecule has 0 unspecified atom stereocenters. The van der Waals surface area contributed by atoms with Crippen LogP contribution in [0.2, 0.25) is 0 Å². The molecule has 0 aliphatic rings. The standard InChI is InChI=1S/C16H27N3O3S/c1-11(2)6-8-13(4)18-16(20)19-15-10-14(9-7-12(15)3)23(21,22)17-5/h7,9-11,13,17H,6,8H2,1-5H3,(H2,18,19,20)/t13-/m0/s1. The number of amides is 2. The molecule has 7 heteroatoms. The van der Waals surface area contributed by atoms with Gasteiger partial charge in [0.25, 0.3) is 0 Å². The van der Waals surface area contributed by atoms with Crippen LogP contribution in [0.3, 0.4) is 0 Å². The highest BCUT2D eigenvalue weighted by Crippen LogP contribution is 2.20. The molecule has 0 aromatic heterocycles. The minimum absolute atomic E-state index is 0.0573. The Balaban J connectivity index is 2.76. The van der Waals surface area contributed by atoms with Crippen molar-refractivity contribution in [2.24, 2.45) is 5.92 Å². The molecule has 0 saturated heterocycles. The van der Waals surface area contributed by atoms with Crippen LogP contribution in [0.1, 0.15) is 39.2 Å². The number of sulfonamides is 1. The minimum atomic E-state index is -3.54. The van der Waals surface area contributed by atoms with Gasteiger partial charge >= 0.3 is 6.03 Å². The molecule has 0 aliphatic heterocycles. The van der Waals surface area contributed by atoms with Gasteiger partial charge in [-0.2, -0.15) is 0 Å². The first kappa shape index (κ1) is 19.4. The lowest BCUT2D eigenvalue weighted by molar-refractivity contribution is 0.248. The fourth-order valence-corrected chi connectivity index (χ4v) is 2.81. The normalized spacial score (nSPS) is 13.0. The monoisotopic (exact) mass is 341 g/mol. The number of rotatable bonds is 7. The van der Waals surface area contributed by atoms with Crippen LogP contribution in [0.25, 0.3) is 0 Å². The Hall–Kier alpha value is -1.60. The third kappa shape index (κ3) is 6.19. The molecule has 3 N–H and O–H groups in total. The predicted molar refractivity (Wildman–Crippen MR) is 93.1 cm³/mol. The first-order valence-corrected chi connectivity index (χ1v) is 9.25. The van der Waals surface area contributed by atoms with Crippen LogP contribution >= 0.6 is 0 Å². The number of urea groups is 1. The SMILES string of the molecule is CNS(=O)(=O)c1ccc(C)c(NC(=O)N[C@@H](C)CCC(C)C)c1. The van der Waals surface area contributed by atoms with E-state index in [9.17, 15) is 13.2 Å². The van der Waals surface area contributed by atoms with E-state index in [-0.39, 0.29) is 17.0 Å². The van der Waals surface area contributed by atoms with Crippen LogP contribution in [0.15, 0.2) is 23.1 Å². The average Bonchev–Trinajstić information content (AvgIpc) is 2.47. The number of hydrogen-bond acceptors (Lipinski definition) is 3. The summed E-state index contributed by atoms with van der Waals surface area (Å²) in [4.78, 5) is 12.2. The van der Waals surface area contributed by atoms with E-state index < -0.39 is 10.0 Å². The summed E-state index contributed by atoms with van der Waals surface area (Å²) in [5, 5.41) is 5.59. The zero-order valence-electron chi connectivity index (χ0n) is 14.4. The van der Waals surface area contributed by atoms with Crippen molar-refractivity contribution in [2.45, 2.75) is 51.5 Å². The molecule has 23 heavy (non-hydrogen) atoms. The summed E-state index contributed by atoms with van der Waals surface area (Å²) in [6.07, 6.45) is 1.94. The van der Waals surface area contributed by atoms with Crippen LogP contribution in [0, 0.1) is 12.8 Å². The fraction of sp³-hybridized carbons (Fsp3) is 0.562. The molecule has 0 heterocycles. The highest BCUT2D eigenvalue weighted by atomic mass is 32.2. The zero-order chi connectivity index (χ0) is 17.6. The van der Waals surface area contributed by atoms with Crippen molar-refractivity contribution >= 4 is 21.7 Å². The third-order valence-electron chi connectivity index (χ3n) is 3.59. The molecule has 0 spiro atoms. The first-order chi connectivity index (χ1) is 10.7. The highest BCUT2D eigenvalue weighted by Gasteiger charge is 2.15. The van der Waals surface area contributed by atoms with Gasteiger partial charge in [0.05, 0.1) is 4.90 Å². The van der Waals surface area contributed by atoms with E-state index in [1.165, 1.54) is 19.2 Å². The maximum Gasteiger partial charge on any atom is 0.319 e. The average molecular weight is 341 g/mol. The second kappa shape index (κ2) is 8.31. The van der Waals surface area contributed by atoms with Crippen molar-refractivity contribution in [2.75, 3.05) is 12.4 Å². The summed E-state index contributed by atoms with van der Waals surface area (Å²) in [6, 6.07) is 4.36. The molecular weight excluding hydrogens is 314 g/mol. The molecule has 0 bridgehead atoms. The quantitative estimate of drug-likeness (QED) is 0.712. The van der Waals surface area contributed by atoms with Crippen LogP contribution in [0.5, 0.6) is 0 Å². The Morgan fingerprint density at radius 3 is 2.39 bits per heavy atom. The molecular formula is C16H27N3O3S. The summed E-state index contributed by atoms with van der Waals surface area (Å²) < 4.78 is 25.9. The lowest BCUT2D eigenvalue weighted by Crippen LogP contribution is -2.36. The molecule has 0 aliphatic carbocycles. The summed E-state index contributed by atoms with van der Waals surface area (Å²) in [5.41, 5.74) is 1.28. The highest BCUT2D eigenvalue weighted by molar-refractivity contribution is 7.89. The van der Waals surface area contributed by atoms with Gasteiger partial charge in [-0.25, -0.2) is 17.9 Å². The maximum atomic E-state index is 12.1. The maximum absolute atomic E-state index is 12.1. The van der Waals surface area contributed by atoms with Crippen LogP contribution in [0.4, 0.5) is 10.5 Å². The van der Waals surface area contributed by atoms with Crippen LogP contribution < -0.4 is 15.4 Å². The molecule has 1 rings (SSSR count). The van der Waals surface area contributed by atoms with Crippen molar-refractivity contribution < 1.29 is 13.2 Å².